The summed E-state index contributed by atoms with van der Waals surface area (Å²) in [6.45, 7) is 4.48. The van der Waals surface area contributed by atoms with Crippen molar-refractivity contribution < 1.29 is 9.18 Å². The number of hydrogen-bond acceptors (Lipinski definition) is 2. The Morgan fingerprint density at radius 2 is 2.17 bits per heavy atom. The summed E-state index contributed by atoms with van der Waals surface area (Å²) < 4.78 is 14.3. The van der Waals surface area contributed by atoms with E-state index in [1.165, 1.54) is 11.0 Å². The van der Waals surface area contributed by atoms with Gasteiger partial charge >= 0.3 is 0 Å². The number of carbonyl (C=O) groups is 1. The quantitative estimate of drug-likeness (QED) is 0.905. The first-order valence-electron chi connectivity index (χ1n) is 5.81. The molecule has 1 rings (SSSR count). The van der Waals surface area contributed by atoms with Crippen LogP contribution in [0.4, 0.5) is 4.39 Å². The van der Waals surface area contributed by atoms with Crippen LogP contribution in [0.2, 0.25) is 0 Å². The average molecular weight is 317 g/mol. The lowest BCUT2D eigenvalue weighted by molar-refractivity contribution is -0.129. The summed E-state index contributed by atoms with van der Waals surface area (Å²) in [5.74, 6) is -0.349. The van der Waals surface area contributed by atoms with E-state index in [0.29, 0.717) is 5.56 Å². The number of hydrogen-bond donors (Lipinski definition) is 1. The summed E-state index contributed by atoms with van der Waals surface area (Å²) in [4.78, 5) is 13.3. The molecule has 0 unspecified atom stereocenters. The van der Waals surface area contributed by atoms with Gasteiger partial charge in [-0.15, -0.1) is 0 Å². The van der Waals surface area contributed by atoms with Crippen LogP contribution >= 0.6 is 15.9 Å². The highest BCUT2D eigenvalue weighted by molar-refractivity contribution is 9.10. The molecule has 1 aromatic carbocycles. The Labute approximate surface area is 115 Å². The lowest BCUT2D eigenvalue weighted by atomic mass is 10.2. The molecule has 3 nitrogen and oxygen atoms in total. The number of halogens is 2. The minimum absolute atomic E-state index is 0.0527. The highest BCUT2D eigenvalue weighted by Crippen LogP contribution is 2.16. The van der Waals surface area contributed by atoms with E-state index in [2.05, 4.69) is 21.2 Å². The van der Waals surface area contributed by atoms with E-state index in [9.17, 15) is 9.18 Å². The number of nitrogens with zero attached hydrogens (tertiary/aromatic N) is 1. The Bertz CT molecular complexity index is 423. The van der Waals surface area contributed by atoms with Crippen molar-refractivity contribution >= 4 is 21.8 Å². The monoisotopic (exact) mass is 316 g/mol. The topological polar surface area (TPSA) is 32.3 Å². The van der Waals surface area contributed by atoms with Gasteiger partial charge in [0.1, 0.15) is 5.82 Å². The molecular weight excluding hydrogens is 299 g/mol. The predicted molar refractivity (Wildman–Crippen MR) is 73.7 cm³/mol. The van der Waals surface area contributed by atoms with Gasteiger partial charge in [-0.3, -0.25) is 4.79 Å². The first-order valence-corrected chi connectivity index (χ1v) is 6.60. The van der Waals surface area contributed by atoms with Crippen molar-refractivity contribution in [2.75, 3.05) is 13.6 Å². The van der Waals surface area contributed by atoms with Gasteiger partial charge in [0.05, 0.1) is 6.54 Å². The van der Waals surface area contributed by atoms with Crippen molar-refractivity contribution in [1.29, 1.82) is 0 Å². The summed E-state index contributed by atoms with van der Waals surface area (Å²) >= 11 is 3.29. The standard InChI is InChI=1S/C13H18BrFN2O/c1-9(2)16-7-13(18)17(3)8-10-6-11(14)4-5-12(10)15/h4-6,9,16H,7-8H2,1-3H3. The minimum Gasteiger partial charge on any atom is -0.340 e. The fraction of sp³-hybridized carbons (Fsp3) is 0.462. The van der Waals surface area contributed by atoms with Crippen LogP contribution in [0, 0.1) is 5.82 Å². The summed E-state index contributed by atoms with van der Waals surface area (Å²) in [5, 5.41) is 3.04. The van der Waals surface area contributed by atoms with Gasteiger partial charge in [0.25, 0.3) is 0 Å². The van der Waals surface area contributed by atoms with Crippen LogP contribution in [-0.4, -0.2) is 30.4 Å². The first-order chi connectivity index (χ1) is 8.40. The van der Waals surface area contributed by atoms with Crippen molar-refractivity contribution in [2.24, 2.45) is 0 Å². The summed E-state index contributed by atoms with van der Waals surface area (Å²) in [6, 6.07) is 4.98. The zero-order valence-electron chi connectivity index (χ0n) is 10.8. The van der Waals surface area contributed by atoms with Gasteiger partial charge in [-0.25, -0.2) is 4.39 Å². The molecule has 0 aliphatic rings. The van der Waals surface area contributed by atoms with Crippen LogP contribution < -0.4 is 5.32 Å². The molecule has 18 heavy (non-hydrogen) atoms. The smallest absolute Gasteiger partial charge is 0.236 e. The first kappa shape index (κ1) is 15.1. The van der Waals surface area contributed by atoms with Crippen molar-refractivity contribution in [3.05, 3.63) is 34.1 Å². The summed E-state index contributed by atoms with van der Waals surface area (Å²) in [5.41, 5.74) is 0.504. The van der Waals surface area contributed by atoms with E-state index in [1.807, 2.05) is 13.8 Å². The molecule has 0 heterocycles. The van der Waals surface area contributed by atoms with Crippen LogP contribution in [0.15, 0.2) is 22.7 Å². The van der Waals surface area contributed by atoms with Gasteiger partial charge in [-0.2, -0.15) is 0 Å². The molecule has 0 aliphatic carbocycles. The molecular formula is C13H18BrFN2O. The zero-order chi connectivity index (χ0) is 13.7. The second-order valence-electron chi connectivity index (χ2n) is 4.52. The van der Waals surface area contributed by atoms with E-state index >= 15 is 0 Å². The number of carbonyl (C=O) groups excluding carboxylic acids is 1. The summed E-state index contributed by atoms with van der Waals surface area (Å²) in [7, 11) is 1.67. The molecule has 5 heteroatoms. The average Bonchev–Trinajstić information content (AvgIpc) is 2.30. The third-order valence-electron chi connectivity index (χ3n) is 2.50. The molecule has 0 aliphatic heterocycles. The zero-order valence-corrected chi connectivity index (χ0v) is 12.4. The molecule has 0 spiro atoms. The second kappa shape index (κ2) is 6.85. The predicted octanol–water partition coefficient (Wildman–Crippen LogP) is 2.54. The molecule has 1 aromatic rings. The SMILES string of the molecule is CC(C)NCC(=O)N(C)Cc1cc(Br)ccc1F. The minimum atomic E-state index is -0.297. The molecule has 0 bridgehead atoms. The molecule has 0 fully saturated rings. The van der Waals surface area contributed by atoms with E-state index in [1.54, 1.807) is 19.2 Å². The van der Waals surface area contributed by atoms with Crippen LogP contribution in [0.25, 0.3) is 0 Å². The Morgan fingerprint density at radius 3 is 2.78 bits per heavy atom. The number of likely N-dealkylation sites (N-methyl/N-ethyl adjacent to an activating group) is 1. The van der Waals surface area contributed by atoms with Crippen LogP contribution in [0.5, 0.6) is 0 Å². The van der Waals surface area contributed by atoms with Gasteiger partial charge < -0.3 is 10.2 Å². The maximum Gasteiger partial charge on any atom is 0.236 e. The number of nitrogens with one attached hydrogen (secondary N) is 1. The highest BCUT2D eigenvalue weighted by Gasteiger charge is 2.12. The van der Waals surface area contributed by atoms with Crippen LogP contribution in [-0.2, 0) is 11.3 Å². The van der Waals surface area contributed by atoms with Gasteiger partial charge in [-0.1, -0.05) is 29.8 Å². The molecule has 100 valence electrons. The van der Waals surface area contributed by atoms with Crippen molar-refractivity contribution in [3.63, 3.8) is 0 Å². The Morgan fingerprint density at radius 1 is 1.50 bits per heavy atom. The molecule has 0 atom stereocenters. The van der Waals surface area contributed by atoms with E-state index in [4.69, 9.17) is 0 Å². The van der Waals surface area contributed by atoms with Gasteiger partial charge in [0, 0.05) is 29.7 Å². The number of rotatable bonds is 5. The number of benzene rings is 1. The van der Waals surface area contributed by atoms with Crippen molar-refractivity contribution in [1.82, 2.24) is 10.2 Å². The van der Waals surface area contributed by atoms with Gasteiger partial charge in [0.15, 0.2) is 0 Å². The Hall–Kier alpha value is -0.940. The Balaban J connectivity index is 2.60. The van der Waals surface area contributed by atoms with Crippen LogP contribution in [0.1, 0.15) is 19.4 Å². The fourth-order valence-corrected chi connectivity index (χ4v) is 1.84. The van der Waals surface area contributed by atoms with Crippen LogP contribution in [0.3, 0.4) is 0 Å². The van der Waals surface area contributed by atoms with Gasteiger partial charge in [-0.05, 0) is 18.2 Å². The van der Waals surface area contributed by atoms with E-state index in [-0.39, 0.29) is 30.9 Å². The lowest BCUT2D eigenvalue weighted by Crippen LogP contribution is -2.37. The lowest BCUT2D eigenvalue weighted by Gasteiger charge is -2.19. The molecule has 1 N–H and O–H groups in total. The normalized spacial score (nSPS) is 10.8. The molecule has 0 radical (unpaired) electrons. The summed E-state index contributed by atoms with van der Waals surface area (Å²) in [6.07, 6.45) is 0. The number of amides is 1. The largest absolute Gasteiger partial charge is 0.340 e. The molecule has 0 aromatic heterocycles. The third-order valence-corrected chi connectivity index (χ3v) is 3.00. The van der Waals surface area contributed by atoms with E-state index < -0.39 is 0 Å². The van der Waals surface area contributed by atoms with E-state index in [0.717, 1.165) is 4.47 Å². The molecule has 0 saturated heterocycles. The fourth-order valence-electron chi connectivity index (χ4n) is 1.43. The highest BCUT2D eigenvalue weighted by atomic mass is 79.9. The third kappa shape index (κ3) is 4.74. The van der Waals surface area contributed by atoms with Gasteiger partial charge in [0.2, 0.25) is 5.91 Å². The maximum absolute atomic E-state index is 13.5. The van der Waals surface area contributed by atoms with Crippen molar-refractivity contribution in [2.45, 2.75) is 26.4 Å². The maximum atomic E-state index is 13.5. The second-order valence-corrected chi connectivity index (χ2v) is 5.44. The molecule has 0 saturated carbocycles. The Kier molecular flexibility index (Phi) is 5.75. The molecule has 1 amide bonds. The van der Waals surface area contributed by atoms with Crippen molar-refractivity contribution in [3.8, 4) is 0 Å².